The van der Waals surface area contributed by atoms with Crippen LogP contribution in [0.15, 0.2) is 84.9 Å². The third-order valence-electron chi connectivity index (χ3n) is 4.78. The fraction of sp³-hybridized carbons (Fsp3) is 0.167. The van der Waals surface area contributed by atoms with Crippen LogP contribution in [0, 0.1) is 0 Å². The van der Waals surface area contributed by atoms with E-state index in [0.717, 1.165) is 16.7 Å². The van der Waals surface area contributed by atoms with Crippen LogP contribution < -0.4 is 5.32 Å². The average Bonchev–Trinajstić information content (AvgIpc) is 2.74. The summed E-state index contributed by atoms with van der Waals surface area (Å²) in [4.78, 5) is 24.5. The van der Waals surface area contributed by atoms with E-state index in [1.54, 1.807) is 24.3 Å². The molecule has 29 heavy (non-hydrogen) atoms. The molecule has 2 N–H and O–H groups in total. The highest BCUT2D eigenvalue weighted by Gasteiger charge is 2.24. The van der Waals surface area contributed by atoms with Crippen molar-refractivity contribution < 1.29 is 14.7 Å². The van der Waals surface area contributed by atoms with Crippen molar-refractivity contribution in [3.63, 3.8) is 0 Å². The van der Waals surface area contributed by atoms with Gasteiger partial charge in [-0.15, -0.1) is 0 Å². The molecule has 0 aliphatic carbocycles. The van der Waals surface area contributed by atoms with Crippen molar-refractivity contribution >= 4 is 23.5 Å². The molecule has 4 nitrogen and oxygen atoms in total. The quantitative estimate of drug-likeness (QED) is 0.570. The average molecular weight is 408 g/mol. The van der Waals surface area contributed by atoms with E-state index in [1.165, 1.54) is 0 Å². The molecule has 0 fully saturated rings. The number of carboxylic acid groups (broad SMARTS) is 1. The number of hydrogen-bond donors (Lipinski definition) is 2. The van der Waals surface area contributed by atoms with Crippen molar-refractivity contribution in [2.45, 2.75) is 24.8 Å². The summed E-state index contributed by atoms with van der Waals surface area (Å²) in [5.41, 5.74) is 2.82. The van der Waals surface area contributed by atoms with Crippen LogP contribution >= 0.6 is 11.6 Å². The summed E-state index contributed by atoms with van der Waals surface area (Å²) in [7, 11) is 0. The van der Waals surface area contributed by atoms with Crippen LogP contribution in [0.3, 0.4) is 0 Å². The second-order valence-corrected chi connectivity index (χ2v) is 7.30. The van der Waals surface area contributed by atoms with Gasteiger partial charge in [-0.3, -0.25) is 4.79 Å². The molecular weight excluding hydrogens is 386 g/mol. The number of carbonyl (C=O) groups is 2. The first-order chi connectivity index (χ1) is 14.0. The molecule has 3 aromatic carbocycles. The molecule has 3 aromatic rings. The summed E-state index contributed by atoms with van der Waals surface area (Å²) < 4.78 is 0. The molecule has 0 saturated carbocycles. The van der Waals surface area contributed by atoms with E-state index in [0.29, 0.717) is 5.02 Å². The Kier molecular flexibility index (Phi) is 7.04. The fourth-order valence-corrected chi connectivity index (χ4v) is 3.42. The van der Waals surface area contributed by atoms with Crippen LogP contribution in [0.25, 0.3) is 0 Å². The largest absolute Gasteiger partial charge is 0.480 e. The van der Waals surface area contributed by atoms with Gasteiger partial charge in [-0.05, 0) is 28.8 Å². The molecule has 0 bridgehead atoms. The van der Waals surface area contributed by atoms with Crippen molar-refractivity contribution in [1.82, 2.24) is 5.32 Å². The van der Waals surface area contributed by atoms with E-state index in [2.05, 4.69) is 5.32 Å². The van der Waals surface area contributed by atoms with Gasteiger partial charge in [0.15, 0.2) is 0 Å². The summed E-state index contributed by atoms with van der Waals surface area (Å²) in [6.45, 7) is 0. The molecule has 0 radical (unpaired) electrons. The lowest BCUT2D eigenvalue weighted by atomic mass is 9.88. The third kappa shape index (κ3) is 5.93. The standard InChI is InChI=1S/C24H22ClNO3/c25-20-13-11-17(12-14-20)15-22(24(28)29)26-23(27)16-21(18-7-3-1-4-8-18)19-9-5-2-6-10-19/h1-14,21-22H,15-16H2,(H,26,27)(H,28,29)/t22-/m0/s1. The van der Waals surface area contributed by atoms with E-state index >= 15 is 0 Å². The molecule has 0 heterocycles. The minimum atomic E-state index is -1.07. The van der Waals surface area contributed by atoms with Gasteiger partial charge in [-0.25, -0.2) is 4.79 Å². The lowest BCUT2D eigenvalue weighted by molar-refractivity contribution is -0.141. The van der Waals surface area contributed by atoms with Gasteiger partial charge in [-0.1, -0.05) is 84.4 Å². The maximum absolute atomic E-state index is 12.8. The predicted octanol–water partition coefficient (Wildman–Crippen LogP) is 4.67. The van der Waals surface area contributed by atoms with Crippen molar-refractivity contribution in [1.29, 1.82) is 0 Å². The number of amides is 1. The Bertz CT molecular complexity index is 903. The zero-order valence-electron chi connectivity index (χ0n) is 15.8. The van der Waals surface area contributed by atoms with E-state index in [-0.39, 0.29) is 24.7 Å². The maximum Gasteiger partial charge on any atom is 0.326 e. The van der Waals surface area contributed by atoms with Gasteiger partial charge < -0.3 is 10.4 Å². The summed E-state index contributed by atoms with van der Waals surface area (Å²) >= 11 is 5.88. The molecule has 1 amide bonds. The monoisotopic (exact) mass is 407 g/mol. The van der Waals surface area contributed by atoms with Crippen molar-refractivity contribution in [2.75, 3.05) is 0 Å². The third-order valence-corrected chi connectivity index (χ3v) is 5.03. The Balaban J connectivity index is 1.74. The Morgan fingerprint density at radius 2 is 1.34 bits per heavy atom. The van der Waals surface area contributed by atoms with Crippen LogP contribution in [0.1, 0.15) is 29.0 Å². The number of rotatable bonds is 8. The van der Waals surface area contributed by atoms with Gasteiger partial charge in [0.25, 0.3) is 0 Å². The Morgan fingerprint density at radius 1 is 0.828 bits per heavy atom. The topological polar surface area (TPSA) is 66.4 Å². The molecule has 3 rings (SSSR count). The van der Waals surface area contributed by atoms with E-state index in [9.17, 15) is 14.7 Å². The SMILES string of the molecule is O=C(CC(c1ccccc1)c1ccccc1)N[C@@H](Cc1ccc(Cl)cc1)C(=O)O. The molecule has 0 unspecified atom stereocenters. The number of hydrogen-bond acceptors (Lipinski definition) is 2. The lowest BCUT2D eigenvalue weighted by Crippen LogP contribution is -2.42. The number of aliphatic carboxylic acids is 1. The summed E-state index contributed by atoms with van der Waals surface area (Å²) in [6, 6.07) is 25.5. The lowest BCUT2D eigenvalue weighted by Gasteiger charge is -2.20. The second-order valence-electron chi connectivity index (χ2n) is 6.87. The zero-order valence-corrected chi connectivity index (χ0v) is 16.5. The van der Waals surface area contributed by atoms with Crippen LogP contribution in [-0.2, 0) is 16.0 Å². The van der Waals surface area contributed by atoms with E-state index < -0.39 is 12.0 Å². The minimum absolute atomic E-state index is 0.151. The molecular formula is C24H22ClNO3. The molecule has 0 spiro atoms. The van der Waals surface area contributed by atoms with Crippen molar-refractivity contribution in [3.8, 4) is 0 Å². The van der Waals surface area contributed by atoms with Crippen LogP contribution in [-0.4, -0.2) is 23.0 Å². The van der Waals surface area contributed by atoms with E-state index in [1.807, 2.05) is 60.7 Å². The highest BCUT2D eigenvalue weighted by molar-refractivity contribution is 6.30. The van der Waals surface area contributed by atoms with Crippen LogP contribution in [0.5, 0.6) is 0 Å². The zero-order chi connectivity index (χ0) is 20.6. The molecule has 0 aromatic heterocycles. The summed E-state index contributed by atoms with van der Waals surface area (Å²) in [6.07, 6.45) is 0.359. The highest BCUT2D eigenvalue weighted by Crippen LogP contribution is 2.27. The first-order valence-electron chi connectivity index (χ1n) is 9.39. The fourth-order valence-electron chi connectivity index (χ4n) is 3.29. The normalized spacial score (nSPS) is 11.8. The number of carboxylic acids is 1. The van der Waals surface area contributed by atoms with Gasteiger partial charge >= 0.3 is 5.97 Å². The van der Waals surface area contributed by atoms with Gasteiger partial charge in [0, 0.05) is 23.8 Å². The first kappa shape index (κ1) is 20.6. The predicted molar refractivity (Wildman–Crippen MR) is 114 cm³/mol. The Labute approximate surface area is 175 Å². The molecule has 5 heteroatoms. The summed E-state index contributed by atoms with van der Waals surface area (Å²) in [5, 5.41) is 12.8. The van der Waals surface area contributed by atoms with Gasteiger partial charge in [0.1, 0.15) is 6.04 Å². The number of halogens is 1. The minimum Gasteiger partial charge on any atom is -0.480 e. The Morgan fingerprint density at radius 3 is 1.83 bits per heavy atom. The molecule has 0 aliphatic rings. The van der Waals surface area contributed by atoms with Gasteiger partial charge in [-0.2, -0.15) is 0 Å². The van der Waals surface area contributed by atoms with E-state index in [4.69, 9.17) is 11.6 Å². The number of nitrogens with one attached hydrogen (secondary N) is 1. The Hall–Kier alpha value is -3.11. The number of carbonyl (C=O) groups excluding carboxylic acids is 1. The molecule has 148 valence electrons. The van der Waals surface area contributed by atoms with Gasteiger partial charge in [0.2, 0.25) is 5.91 Å². The molecule has 0 aliphatic heterocycles. The van der Waals surface area contributed by atoms with Gasteiger partial charge in [0.05, 0.1) is 0 Å². The van der Waals surface area contributed by atoms with Crippen molar-refractivity contribution in [2.24, 2.45) is 0 Å². The van der Waals surface area contributed by atoms with Crippen LogP contribution in [0.2, 0.25) is 5.02 Å². The first-order valence-corrected chi connectivity index (χ1v) is 9.77. The molecule has 0 saturated heterocycles. The van der Waals surface area contributed by atoms with Crippen molar-refractivity contribution in [3.05, 3.63) is 107 Å². The smallest absolute Gasteiger partial charge is 0.326 e. The molecule has 1 atom stereocenters. The second kappa shape index (κ2) is 9.89. The maximum atomic E-state index is 12.8. The number of benzene rings is 3. The highest BCUT2D eigenvalue weighted by atomic mass is 35.5. The summed E-state index contributed by atoms with van der Waals surface area (Å²) in [5.74, 6) is -1.52. The van der Waals surface area contributed by atoms with Crippen LogP contribution in [0.4, 0.5) is 0 Å².